The second kappa shape index (κ2) is 5.43. The maximum absolute atomic E-state index is 3.78. The van der Waals surface area contributed by atoms with Crippen LogP contribution >= 0.6 is 38.5 Å². The lowest BCUT2D eigenvalue weighted by Gasteiger charge is -2.38. The zero-order valence-electron chi connectivity index (χ0n) is 11.4. The molecule has 1 heterocycles. The standard InChI is InChI=1S/C18H15BrIN/c19-16-7-2-1-4-14(16)18-13-6-3-5-12(13)15-10-11(20)8-9-17(15)21-18/h1-5,7-10,12-13,18,21H,6H2. The predicted octanol–water partition coefficient (Wildman–Crippen LogP) is 5.88. The Kier molecular flexibility index (Phi) is 3.58. The van der Waals surface area contributed by atoms with Crippen LogP contribution in [-0.2, 0) is 0 Å². The van der Waals surface area contributed by atoms with E-state index in [0.717, 1.165) is 6.42 Å². The molecule has 1 aliphatic carbocycles. The average molecular weight is 452 g/mol. The van der Waals surface area contributed by atoms with Crippen molar-refractivity contribution in [3.8, 4) is 0 Å². The van der Waals surface area contributed by atoms with Crippen molar-refractivity contribution in [1.29, 1.82) is 0 Å². The van der Waals surface area contributed by atoms with Crippen molar-refractivity contribution in [1.82, 2.24) is 0 Å². The van der Waals surface area contributed by atoms with Gasteiger partial charge in [0.25, 0.3) is 0 Å². The first-order chi connectivity index (χ1) is 10.2. The van der Waals surface area contributed by atoms with Gasteiger partial charge in [-0.1, -0.05) is 46.3 Å². The molecule has 0 spiro atoms. The predicted molar refractivity (Wildman–Crippen MR) is 99.7 cm³/mol. The zero-order valence-corrected chi connectivity index (χ0v) is 15.1. The molecule has 2 aliphatic rings. The first-order valence-electron chi connectivity index (χ1n) is 7.21. The fourth-order valence-corrected chi connectivity index (χ4v) is 4.65. The summed E-state index contributed by atoms with van der Waals surface area (Å²) in [6.07, 6.45) is 5.88. The van der Waals surface area contributed by atoms with Gasteiger partial charge in [0.1, 0.15) is 0 Å². The van der Waals surface area contributed by atoms with Gasteiger partial charge in [0.2, 0.25) is 0 Å². The summed E-state index contributed by atoms with van der Waals surface area (Å²) < 4.78 is 2.51. The number of hydrogen-bond acceptors (Lipinski definition) is 1. The van der Waals surface area contributed by atoms with E-state index in [-0.39, 0.29) is 0 Å². The topological polar surface area (TPSA) is 12.0 Å². The van der Waals surface area contributed by atoms with Crippen LogP contribution in [0.4, 0.5) is 5.69 Å². The molecule has 3 unspecified atom stereocenters. The molecule has 3 atom stereocenters. The van der Waals surface area contributed by atoms with E-state index in [9.17, 15) is 0 Å². The van der Waals surface area contributed by atoms with E-state index in [1.807, 2.05) is 0 Å². The quantitative estimate of drug-likeness (QED) is 0.421. The van der Waals surface area contributed by atoms with Crippen LogP contribution in [0.3, 0.4) is 0 Å². The summed E-state index contributed by atoms with van der Waals surface area (Å²) >= 11 is 6.12. The molecule has 0 fully saturated rings. The lowest BCUT2D eigenvalue weighted by molar-refractivity contribution is 0.424. The van der Waals surface area contributed by atoms with Crippen LogP contribution in [0.1, 0.15) is 29.5 Å². The molecule has 1 nitrogen and oxygen atoms in total. The van der Waals surface area contributed by atoms with E-state index in [4.69, 9.17) is 0 Å². The summed E-state index contributed by atoms with van der Waals surface area (Å²) in [7, 11) is 0. The van der Waals surface area contributed by atoms with E-state index >= 15 is 0 Å². The van der Waals surface area contributed by atoms with E-state index in [2.05, 4.69) is 98.5 Å². The molecule has 2 aromatic rings. The summed E-state index contributed by atoms with van der Waals surface area (Å²) in [4.78, 5) is 0. The van der Waals surface area contributed by atoms with Gasteiger partial charge >= 0.3 is 0 Å². The number of hydrogen-bond donors (Lipinski definition) is 1. The van der Waals surface area contributed by atoms with Gasteiger partial charge < -0.3 is 5.32 Å². The molecule has 0 radical (unpaired) electrons. The Morgan fingerprint density at radius 3 is 2.81 bits per heavy atom. The third-order valence-electron chi connectivity index (χ3n) is 4.57. The summed E-state index contributed by atoms with van der Waals surface area (Å²) in [6, 6.07) is 15.7. The summed E-state index contributed by atoms with van der Waals surface area (Å²) in [5.74, 6) is 1.14. The first kappa shape index (κ1) is 13.8. The fourth-order valence-electron chi connectivity index (χ4n) is 3.60. The van der Waals surface area contributed by atoms with Crippen LogP contribution in [0, 0.1) is 9.49 Å². The molecular formula is C18H15BrIN. The number of allylic oxidation sites excluding steroid dienone is 2. The number of nitrogens with one attached hydrogen (secondary N) is 1. The summed E-state index contributed by atoms with van der Waals surface area (Å²) in [5.41, 5.74) is 4.09. The van der Waals surface area contributed by atoms with Crippen LogP contribution < -0.4 is 5.32 Å². The zero-order chi connectivity index (χ0) is 14.4. The van der Waals surface area contributed by atoms with Gasteiger partial charge in [-0.05, 0) is 70.3 Å². The largest absolute Gasteiger partial charge is 0.378 e. The van der Waals surface area contributed by atoms with E-state index in [0.29, 0.717) is 17.9 Å². The molecule has 2 aromatic carbocycles. The van der Waals surface area contributed by atoms with Crippen molar-refractivity contribution in [3.05, 3.63) is 73.8 Å². The Labute approximate surface area is 147 Å². The minimum Gasteiger partial charge on any atom is -0.378 e. The van der Waals surface area contributed by atoms with Crippen LogP contribution in [0.2, 0.25) is 0 Å². The first-order valence-corrected chi connectivity index (χ1v) is 9.08. The highest BCUT2D eigenvalue weighted by Crippen LogP contribution is 2.50. The Hall–Kier alpha value is -0.810. The molecule has 0 aromatic heterocycles. The van der Waals surface area contributed by atoms with Gasteiger partial charge in [-0.2, -0.15) is 0 Å². The second-order valence-electron chi connectivity index (χ2n) is 5.73. The number of halogens is 2. The van der Waals surface area contributed by atoms with E-state index < -0.39 is 0 Å². The molecular weight excluding hydrogens is 437 g/mol. The third-order valence-corrected chi connectivity index (χ3v) is 5.96. The lowest BCUT2D eigenvalue weighted by Crippen LogP contribution is -2.29. The number of benzene rings is 2. The smallest absolute Gasteiger partial charge is 0.0565 e. The molecule has 106 valence electrons. The average Bonchev–Trinajstić information content (AvgIpc) is 2.97. The summed E-state index contributed by atoms with van der Waals surface area (Å²) in [5, 5.41) is 3.78. The van der Waals surface area contributed by atoms with Gasteiger partial charge in [0.15, 0.2) is 0 Å². The van der Waals surface area contributed by atoms with Gasteiger partial charge in [0, 0.05) is 19.6 Å². The molecule has 0 amide bonds. The Bertz CT molecular complexity index is 725. The molecule has 0 bridgehead atoms. The highest BCUT2D eigenvalue weighted by atomic mass is 127. The van der Waals surface area contributed by atoms with Crippen LogP contribution in [-0.4, -0.2) is 0 Å². The van der Waals surface area contributed by atoms with Crippen molar-refractivity contribution >= 4 is 44.2 Å². The van der Waals surface area contributed by atoms with Crippen LogP contribution in [0.5, 0.6) is 0 Å². The number of anilines is 1. The third kappa shape index (κ3) is 2.34. The minimum atomic E-state index is 0.369. The SMILES string of the molecule is Brc1ccccc1C1Nc2ccc(I)cc2C2C=CCC21. The lowest BCUT2D eigenvalue weighted by atomic mass is 9.77. The molecule has 1 aliphatic heterocycles. The van der Waals surface area contributed by atoms with Crippen molar-refractivity contribution < 1.29 is 0 Å². The van der Waals surface area contributed by atoms with Crippen LogP contribution in [0.15, 0.2) is 59.1 Å². The highest BCUT2D eigenvalue weighted by Gasteiger charge is 2.38. The fraction of sp³-hybridized carbons (Fsp3) is 0.222. The maximum atomic E-state index is 3.78. The molecule has 1 N–H and O–H groups in total. The normalized spacial score (nSPS) is 26.1. The molecule has 0 saturated carbocycles. The van der Waals surface area contributed by atoms with Gasteiger partial charge in [-0.25, -0.2) is 0 Å². The Morgan fingerprint density at radius 2 is 1.95 bits per heavy atom. The maximum Gasteiger partial charge on any atom is 0.0565 e. The Balaban J connectivity index is 1.82. The highest BCUT2D eigenvalue weighted by molar-refractivity contribution is 14.1. The summed E-state index contributed by atoms with van der Waals surface area (Å²) in [6.45, 7) is 0. The minimum absolute atomic E-state index is 0.369. The molecule has 4 rings (SSSR count). The van der Waals surface area contributed by atoms with Crippen molar-refractivity contribution in [2.75, 3.05) is 5.32 Å². The van der Waals surface area contributed by atoms with Gasteiger partial charge in [0.05, 0.1) is 6.04 Å². The monoisotopic (exact) mass is 451 g/mol. The van der Waals surface area contributed by atoms with E-state index in [1.165, 1.54) is 24.9 Å². The number of fused-ring (bicyclic) bond motifs is 3. The Morgan fingerprint density at radius 1 is 1.10 bits per heavy atom. The van der Waals surface area contributed by atoms with Crippen molar-refractivity contribution in [3.63, 3.8) is 0 Å². The van der Waals surface area contributed by atoms with Gasteiger partial charge in [-0.3, -0.25) is 0 Å². The molecule has 21 heavy (non-hydrogen) atoms. The van der Waals surface area contributed by atoms with Gasteiger partial charge in [-0.15, -0.1) is 0 Å². The number of rotatable bonds is 1. The second-order valence-corrected chi connectivity index (χ2v) is 7.83. The van der Waals surface area contributed by atoms with Crippen molar-refractivity contribution in [2.45, 2.75) is 18.4 Å². The van der Waals surface area contributed by atoms with Crippen molar-refractivity contribution in [2.24, 2.45) is 5.92 Å². The van der Waals surface area contributed by atoms with Crippen LogP contribution in [0.25, 0.3) is 0 Å². The molecule has 0 saturated heterocycles. The molecule has 3 heteroatoms. The van der Waals surface area contributed by atoms with E-state index in [1.54, 1.807) is 0 Å².